The standard InChI is InChI=1S/C22H15F2N3O4S/c1-13(28)27(16-5-3-2-4-6-16)22-25-15(12-32-22)11-18-20(29)31-19(26-18)14-7-9-17(10-8-14)30-21(23)24/h2-12,21H,1H3. The molecule has 1 amide bonds. The molecule has 2 aromatic carbocycles. The van der Waals surface area contributed by atoms with Gasteiger partial charge in [0.1, 0.15) is 5.75 Å². The van der Waals surface area contributed by atoms with Gasteiger partial charge < -0.3 is 9.47 Å². The quantitative estimate of drug-likeness (QED) is 0.395. The molecule has 32 heavy (non-hydrogen) atoms. The fourth-order valence-electron chi connectivity index (χ4n) is 2.90. The number of para-hydroxylation sites is 1. The predicted octanol–water partition coefficient (Wildman–Crippen LogP) is 4.77. The monoisotopic (exact) mass is 455 g/mol. The number of hydrogen-bond donors (Lipinski definition) is 0. The summed E-state index contributed by atoms with van der Waals surface area (Å²) in [7, 11) is 0. The molecular formula is C22H15F2N3O4S. The minimum atomic E-state index is -2.93. The van der Waals surface area contributed by atoms with E-state index < -0.39 is 12.6 Å². The number of anilines is 2. The van der Waals surface area contributed by atoms with E-state index >= 15 is 0 Å². The van der Waals surface area contributed by atoms with Crippen molar-refractivity contribution in [3.63, 3.8) is 0 Å². The molecule has 0 unspecified atom stereocenters. The Hall–Kier alpha value is -3.92. The van der Waals surface area contributed by atoms with Crippen LogP contribution in [0.2, 0.25) is 0 Å². The van der Waals surface area contributed by atoms with Crippen molar-refractivity contribution in [2.75, 3.05) is 4.90 Å². The van der Waals surface area contributed by atoms with Crippen molar-refractivity contribution in [2.45, 2.75) is 13.5 Å². The molecule has 4 rings (SSSR count). The van der Waals surface area contributed by atoms with Gasteiger partial charge in [0.05, 0.1) is 11.4 Å². The Morgan fingerprint density at radius 3 is 2.53 bits per heavy atom. The van der Waals surface area contributed by atoms with Crippen LogP contribution in [0.1, 0.15) is 18.2 Å². The Kier molecular flexibility index (Phi) is 6.04. The Balaban J connectivity index is 1.56. The van der Waals surface area contributed by atoms with Crippen molar-refractivity contribution in [3.8, 4) is 5.75 Å². The summed E-state index contributed by atoms with van der Waals surface area (Å²) >= 11 is 1.24. The lowest BCUT2D eigenvalue weighted by atomic mass is 10.2. The second kappa shape index (κ2) is 9.06. The van der Waals surface area contributed by atoms with Gasteiger partial charge in [0.15, 0.2) is 10.8 Å². The summed E-state index contributed by atoms with van der Waals surface area (Å²) in [5, 5.41) is 2.14. The van der Waals surface area contributed by atoms with E-state index in [-0.39, 0.29) is 23.3 Å². The van der Waals surface area contributed by atoms with E-state index in [9.17, 15) is 18.4 Å². The van der Waals surface area contributed by atoms with E-state index in [1.807, 2.05) is 18.2 Å². The molecule has 0 bridgehead atoms. The molecule has 1 aliphatic heterocycles. The predicted molar refractivity (Wildman–Crippen MR) is 115 cm³/mol. The van der Waals surface area contributed by atoms with Crippen molar-refractivity contribution in [1.29, 1.82) is 0 Å². The van der Waals surface area contributed by atoms with Gasteiger partial charge in [0, 0.05) is 17.9 Å². The Bertz CT molecular complexity index is 1210. The van der Waals surface area contributed by atoms with Crippen LogP contribution in [0.4, 0.5) is 19.6 Å². The van der Waals surface area contributed by atoms with Gasteiger partial charge in [-0.1, -0.05) is 18.2 Å². The number of alkyl halides is 2. The number of cyclic esters (lactones) is 1. The Morgan fingerprint density at radius 2 is 1.88 bits per heavy atom. The van der Waals surface area contributed by atoms with Crippen molar-refractivity contribution in [1.82, 2.24) is 4.98 Å². The van der Waals surface area contributed by atoms with Crippen LogP contribution in [0.3, 0.4) is 0 Å². The molecule has 1 aliphatic rings. The normalized spacial score (nSPS) is 14.4. The van der Waals surface area contributed by atoms with Crippen LogP contribution < -0.4 is 9.64 Å². The van der Waals surface area contributed by atoms with E-state index in [0.717, 1.165) is 0 Å². The number of carbonyl (C=O) groups is 2. The first-order valence-electron chi connectivity index (χ1n) is 9.30. The molecule has 10 heteroatoms. The number of benzene rings is 2. The third kappa shape index (κ3) is 4.70. The third-order valence-corrected chi connectivity index (χ3v) is 5.11. The number of hydrogen-bond acceptors (Lipinski definition) is 7. The fraction of sp³-hybridized carbons (Fsp3) is 0.0909. The zero-order valence-electron chi connectivity index (χ0n) is 16.6. The van der Waals surface area contributed by atoms with E-state index in [1.165, 1.54) is 53.5 Å². The number of thiazole rings is 1. The maximum absolute atomic E-state index is 12.3. The summed E-state index contributed by atoms with van der Waals surface area (Å²) in [6.45, 7) is -1.49. The van der Waals surface area contributed by atoms with Gasteiger partial charge >= 0.3 is 12.6 Å². The van der Waals surface area contributed by atoms with E-state index in [4.69, 9.17) is 4.74 Å². The molecule has 0 saturated carbocycles. The molecular weight excluding hydrogens is 440 g/mol. The molecule has 162 valence electrons. The maximum Gasteiger partial charge on any atom is 0.387 e. The molecule has 0 N–H and O–H groups in total. The number of esters is 1. The minimum absolute atomic E-state index is 0.0205. The topological polar surface area (TPSA) is 81.1 Å². The lowest BCUT2D eigenvalue weighted by Gasteiger charge is -2.17. The average Bonchev–Trinajstić information content (AvgIpc) is 3.36. The lowest BCUT2D eigenvalue weighted by Crippen LogP contribution is -2.22. The van der Waals surface area contributed by atoms with Gasteiger partial charge in [-0.25, -0.2) is 14.8 Å². The van der Waals surface area contributed by atoms with Gasteiger partial charge in [-0.05, 0) is 42.5 Å². The van der Waals surface area contributed by atoms with Crippen LogP contribution in [-0.2, 0) is 14.3 Å². The van der Waals surface area contributed by atoms with Crippen LogP contribution in [-0.4, -0.2) is 29.4 Å². The highest BCUT2D eigenvalue weighted by molar-refractivity contribution is 7.14. The molecule has 0 radical (unpaired) electrons. The second-order valence-electron chi connectivity index (χ2n) is 6.48. The minimum Gasteiger partial charge on any atom is -0.435 e. The van der Waals surface area contributed by atoms with E-state index in [2.05, 4.69) is 14.7 Å². The van der Waals surface area contributed by atoms with Crippen LogP contribution in [0.15, 0.2) is 70.7 Å². The smallest absolute Gasteiger partial charge is 0.387 e. The molecule has 0 spiro atoms. The highest BCUT2D eigenvalue weighted by atomic mass is 32.1. The zero-order valence-corrected chi connectivity index (χ0v) is 17.4. The van der Waals surface area contributed by atoms with Gasteiger partial charge in [-0.2, -0.15) is 8.78 Å². The van der Waals surface area contributed by atoms with Gasteiger partial charge in [-0.3, -0.25) is 9.69 Å². The molecule has 0 saturated heterocycles. The summed E-state index contributed by atoms with van der Waals surface area (Å²) in [6, 6.07) is 14.6. The Labute approximate surface area is 185 Å². The van der Waals surface area contributed by atoms with Crippen molar-refractivity contribution < 1.29 is 27.8 Å². The number of ether oxygens (including phenoxy) is 2. The number of nitrogens with zero attached hydrogens (tertiary/aromatic N) is 3. The largest absolute Gasteiger partial charge is 0.435 e. The molecule has 2 heterocycles. The van der Waals surface area contributed by atoms with Gasteiger partial charge in [0.25, 0.3) is 0 Å². The molecule has 0 aliphatic carbocycles. The summed E-state index contributed by atoms with van der Waals surface area (Å²) in [6.07, 6.45) is 1.45. The first-order chi connectivity index (χ1) is 15.4. The van der Waals surface area contributed by atoms with Crippen LogP contribution in [0.5, 0.6) is 5.75 Å². The number of aliphatic imine (C=N–C) groups is 1. The van der Waals surface area contributed by atoms with Crippen molar-refractivity contribution in [2.24, 2.45) is 4.99 Å². The maximum atomic E-state index is 12.3. The molecule has 3 aromatic rings. The highest BCUT2D eigenvalue weighted by Gasteiger charge is 2.25. The van der Waals surface area contributed by atoms with Crippen molar-refractivity contribution in [3.05, 3.63) is 76.9 Å². The number of aromatic nitrogens is 1. The molecule has 7 nitrogen and oxygen atoms in total. The van der Waals surface area contributed by atoms with Crippen LogP contribution in [0.25, 0.3) is 6.08 Å². The fourth-order valence-corrected chi connectivity index (χ4v) is 3.75. The zero-order chi connectivity index (χ0) is 22.7. The Morgan fingerprint density at radius 1 is 1.16 bits per heavy atom. The number of carbonyl (C=O) groups excluding carboxylic acids is 2. The van der Waals surface area contributed by atoms with Crippen LogP contribution in [0, 0.1) is 0 Å². The van der Waals surface area contributed by atoms with E-state index in [0.29, 0.717) is 22.1 Å². The summed E-state index contributed by atoms with van der Waals surface area (Å²) in [5.74, 6) is -0.860. The summed E-state index contributed by atoms with van der Waals surface area (Å²) < 4.78 is 34.0. The summed E-state index contributed by atoms with van der Waals surface area (Å²) in [4.78, 5) is 34.5. The second-order valence-corrected chi connectivity index (χ2v) is 7.32. The average molecular weight is 455 g/mol. The first-order valence-corrected chi connectivity index (χ1v) is 10.2. The molecule has 1 aromatic heterocycles. The summed E-state index contributed by atoms with van der Waals surface area (Å²) in [5.41, 5.74) is 1.56. The number of rotatable bonds is 6. The molecule has 0 atom stereocenters. The number of amides is 1. The lowest BCUT2D eigenvalue weighted by molar-refractivity contribution is -0.130. The number of halogens is 2. The third-order valence-electron chi connectivity index (χ3n) is 4.26. The van der Waals surface area contributed by atoms with Crippen molar-refractivity contribution >= 4 is 46.0 Å². The van der Waals surface area contributed by atoms with Crippen LogP contribution >= 0.6 is 11.3 Å². The first kappa shape index (κ1) is 21.3. The molecule has 0 fully saturated rings. The SMILES string of the molecule is CC(=O)N(c1ccccc1)c1nc(C=C2N=C(c3ccc(OC(F)F)cc3)OC2=O)cs1. The van der Waals surface area contributed by atoms with Gasteiger partial charge in [0.2, 0.25) is 11.8 Å². The van der Waals surface area contributed by atoms with Gasteiger partial charge in [-0.15, -0.1) is 11.3 Å². The van der Waals surface area contributed by atoms with E-state index in [1.54, 1.807) is 17.5 Å². The highest BCUT2D eigenvalue weighted by Crippen LogP contribution is 2.30.